The first-order valence-electron chi connectivity index (χ1n) is 22.0. The first kappa shape index (κ1) is 52.9. The van der Waals surface area contributed by atoms with Crippen molar-refractivity contribution in [1.82, 2.24) is 43.6 Å². The van der Waals surface area contributed by atoms with E-state index in [1.165, 1.54) is 13.2 Å². The highest BCUT2D eigenvalue weighted by Crippen LogP contribution is 2.34. The van der Waals surface area contributed by atoms with Gasteiger partial charge in [-0.05, 0) is 97.1 Å². The van der Waals surface area contributed by atoms with Crippen molar-refractivity contribution in [3.05, 3.63) is 128 Å². The van der Waals surface area contributed by atoms with Crippen molar-refractivity contribution in [2.75, 3.05) is 45.7 Å². The van der Waals surface area contributed by atoms with Gasteiger partial charge < -0.3 is 36.7 Å². The van der Waals surface area contributed by atoms with E-state index in [4.69, 9.17) is 30.5 Å². The summed E-state index contributed by atoms with van der Waals surface area (Å²) in [5, 5.41) is 12.6. The van der Waals surface area contributed by atoms with Gasteiger partial charge in [0.1, 0.15) is 17.0 Å². The number of allylic oxidation sites excluding steroid dienone is 2. The standard InChI is InChI=1S/C44H58N12OS.C2H5N.C2H4.CH5N/c1-10-14-19-52(18-11-2)20-17-23-57-39-27-34(32(7)45)26-36-41(39)53(42(49-36)38-25-31(6)51-56(38)13-4)21-15-16-22-54-43-40(28-35(46-9)29-47-43)58-44(54)48-33(8)37-24-30(5)50-55(37)12-3;1-2-3;2*1-2/h10,15-16,24-29,46H,1,7-8,11-14,17-23,45H2,2-6,9H3;2H,1,3H2;1-2H2;2H2,1H3/b16-15+,48-44?;;;. The summed E-state index contributed by atoms with van der Waals surface area (Å²) in [5.41, 5.74) is 24.5. The second kappa shape index (κ2) is 27.0. The number of aromatic nitrogens is 8. The summed E-state index contributed by atoms with van der Waals surface area (Å²) in [7, 11) is 3.40. The number of benzene rings is 1. The molecular formula is C49H72N14OS. The lowest BCUT2D eigenvalue weighted by molar-refractivity contribution is 0.237. The molecular weight excluding hydrogens is 833 g/mol. The summed E-state index contributed by atoms with van der Waals surface area (Å²) in [4.78, 5) is 18.4. The van der Waals surface area contributed by atoms with Gasteiger partial charge in [-0.1, -0.05) is 56.2 Å². The fraction of sp³-hybridized carbons (Fsp3) is 0.367. The molecule has 0 radical (unpaired) electrons. The van der Waals surface area contributed by atoms with Gasteiger partial charge in [0.15, 0.2) is 16.3 Å². The van der Waals surface area contributed by atoms with E-state index < -0.39 is 0 Å². The van der Waals surface area contributed by atoms with Crippen molar-refractivity contribution in [1.29, 1.82) is 0 Å². The van der Waals surface area contributed by atoms with Crippen LogP contribution in [-0.4, -0.2) is 83.9 Å². The molecule has 5 heterocycles. The van der Waals surface area contributed by atoms with Gasteiger partial charge >= 0.3 is 0 Å². The van der Waals surface area contributed by atoms with Crippen molar-refractivity contribution in [3.8, 4) is 17.3 Å². The predicted octanol–water partition coefficient (Wildman–Crippen LogP) is 8.49. The lowest BCUT2D eigenvalue weighted by Crippen LogP contribution is -2.27. The third kappa shape index (κ3) is 13.8. The molecule has 0 aliphatic carbocycles. The summed E-state index contributed by atoms with van der Waals surface area (Å²) >= 11 is 1.59. The van der Waals surface area contributed by atoms with Crippen LogP contribution in [0.4, 0.5) is 5.69 Å². The van der Waals surface area contributed by atoms with E-state index in [2.05, 4.69) is 120 Å². The van der Waals surface area contributed by atoms with Crippen LogP contribution in [0.1, 0.15) is 62.7 Å². The van der Waals surface area contributed by atoms with Crippen molar-refractivity contribution in [3.63, 3.8) is 0 Å². The molecule has 65 heavy (non-hydrogen) atoms. The second-order valence-corrected chi connectivity index (χ2v) is 15.6. The number of nitrogens with two attached hydrogens (primary N) is 3. The number of hydrogen-bond donors (Lipinski definition) is 4. The van der Waals surface area contributed by atoms with E-state index in [0.29, 0.717) is 37.6 Å². The topological polar surface area (TPSA) is 186 Å². The molecule has 0 aliphatic heterocycles. The number of imidazole rings is 1. The molecule has 5 aromatic heterocycles. The number of rotatable bonds is 21. The lowest BCUT2D eigenvalue weighted by atomic mass is 10.1. The summed E-state index contributed by atoms with van der Waals surface area (Å²) in [6, 6.07) is 10.2. The maximum absolute atomic E-state index is 6.64. The number of hydrogen-bond acceptors (Lipinski definition) is 12. The zero-order valence-corrected chi connectivity index (χ0v) is 40.6. The molecule has 6 rings (SSSR count). The van der Waals surface area contributed by atoms with E-state index >= 15 is 0 Å². The van der Waals surface area contributed by atoms with Gasteiger partial charge in [-0.2, -0.15) is 10.2 Å². The molecule has 16 heteroatoms. The van der Waals surface area contributed by atoms with Gasteiger partial charge in [0, 0.05) is 57.6 Å². The Morgan fingerprint density at radius 3 is 2.22 bits per heavy atom. The van der Waals surface area contributed by atoms with Gasteiger partial charge in [-0.3, -0.25) is 13.9 Å². The Hall–Kier alpha value is -6.49. The minimum absolute atomic E-state index is 0.462. The number of ether oxygens (including phenoxy) is 1. The average Bonchev–Trinajstić information content (AvgIpc) is 4.08. The highest BCUT2D eigenvalue weighted by atomic mass is 32.1. The van der Waals surface area contributed by atoms with E-state index in [-0.39, 0.29) is 0 Å². The first-order chi connectivity index (χ1) is 31.5. The summed E-state index contributed by atoms with van der Waals surface area (Å²) in [5.74, 6) is 1.53. The molecule has 350 valence electrons. The van der Waals surface area contributed by atoms with E-state index in [1.54, 1.807) is 11.3 Å². The second-order valence-electron chi connectivity index (χ2n) is 14.6. The Kier molecular flexibility index (Phi) is 21.9. The fourth-order valence-electron chi connectivity index (χ4n) is 7.16. The van der Waals surface area contributed by atoms with Gasteiger partial charge in [0.05, 0.1) is 51.5 Å². The molecule has 0 unspecified atom stereocenters. The number of thiazole rings is 1. The monoisotopic (exact) mass is 905 g/mol. The average molecular weight is 905 g/mol. The summed E-state index contributed by atoms with van der Waals surface area (Å²) in [6.07, 6.45) is 12.4. The SMILES string of the molecule is C=C.C=CCCN(CCC)CCCOc1cc(C(=C)N)cc2nc(-c3cc(C)nn3CC)n(C/C=C/Cn3c(=NC(=C)c4cc(C)nn4CC)sc4cc(NC)cnc43)c12.C=CN.CN. The maximum atomic E-state index is 6.64. The Balaban J connectivity index is 0.00000152. The molecule has 15 nitrogen and oxygen atoms in total. The van der Waals surface area contributed by atoms with Crippen molar-refractivity contribution >= 4 is 49.8 Å². The predicted molar refractivity (Wildman–Crippen MR) is 276 cm³/mol. The third-order valence-electron chi connectivity index (χ3n) is 9.95. The van der Waals surface area contributed by atoms with Crippen LogP contribution in [0, 0.1) is 13.8 Å². The number of anilines is 1. The molecule has 0 aliphatic rings. The molecule has 1 aromatic carbocycles. The van der Waals surface area contributed by atoms with Crippen LogP contribution < -0.4 is 32.1 Å². The highest BCUT2D eigenvalue weighted by molar-refractivity contribution is 7.16. The molecule has 7 N–H and O–H groups in total. The van der Waals surface area contributed by atoms with Gasteiger partial charge in [0.2, 0.25) is 0 Å². The molecule has 0 spiro atoms. The van der Waals surface area contributed by atoms with Crippen molar-refractivity contribution < 1.29 is 4.74 Å². The highest BCUT2D eigenvalue weighted by Gasteiger charge is 2.21. The zero-order chi connectivity index (χ0) is 48.1. The van der Waals surface area contributed by atoms with Gasteiger partial charge in [-0.15, -0.1) is 19.7 Å². The number of pyridine rings is 1. The molecule has 0 atom stereocenters. The molecule has 0 amide bonds. The van der Waals surface area contributed by atoms with E-state index in [9.17, 15) is 0 Å². The first-order valence-corrected chi connectivity index (χ1v) is 22.8. The Labute approximate surface area is 389 Å². The zero-order valence-electron chi connectivity index (χ0n) is 39.8. The fourth-order valence-corrected chi connectivity index (χ4v) is 8.22. The van der Waals surface area contributed by atoms with Gasteiger partial charge in [0.25, 0.3) is 0 Å². The van der Waals surface area contributed by atoms with Crippen LogP contribution in [0.2, 0.25) is 0 Å². The Morgan fingerprint density at radius 2 is 1.58 bits per heavy atom. The maximum Gasteiger partial charge on any atom is 0.192 e. The van der Waals surface area contributed by atoms with E-state index in [0.717, 1.165) is 117 Å². The molecule has 0 fully saturated rings. The molecule has 0 saturated carbocycles. The third-order valence-corrected chi connectivity index (χ3v) is 11.0. The minimum Gasteiger partial charge on any atom is -0.491 e. The molecule has 0 saturated heterocycles. The molecule has 0 bridgehead atoms. The number of aryl methyl sites for hydroxylation is 4. The normalized spacial score (nSPS) is 11.2. The van der Waals surface area contributed by atoms with Crippen LogP contribution in [0.15, 0.2) is 105 Å². The van der Waals surface area contributed by atoms with Crippen molar-refractivity contribution in [2.24, 2.45) is 22.2 Å². The molecule has 6 aromatic rings. The Bertz CT molecular complexity index is 2580. The number of nitrogens with zero attached hydrogens (tertiary/aromatic N) is 10. The summed E-state index contributed by atoms with van der Waals surface area (Å²) in [6.45, 7) is 37.9. The summed E-state index contributed by atoms with van der Waals surface area (Å²) < 4.78 is 15.9. The minimum atomic E-state index is 0.462. The quantitative estimate of drug-likeness (QED) is 0.0403. The van der Waals surface area contributed by atoms with Gasteiger partial charge in [-0.25, -0.2) is 15.0 Å². The van der Waals surface area contributed by atoms with Crippen LogP contribution in [0.5, 0.6) is 5.75 Å². The van der Waals surface area contributed by atoms with Crippen LogP contribution in [0.3, 0.4) is 0 Å². The van der Waals surface area contributed by atoms with Crippen LogP contribution in [-0.2, 0) is 26.2 Å². The van der Waals surface area contributed by atoms with Crippen LogP contribution in [0.25, 0.3) is 44.3 Å². The smallest absolute Gasteiger partial charge is 0.192 e. The number of fused-ring (bicyclic) bond motifs is 2. The van der Waals surface area contributed by atoms with Crippen molar-refractivity contribution in [2.45, 2.75) is 80.1 Å². The Morgan fingerprint density at radius 1 is 0.923 bits per heavy atom. The number of nitrogens with one attached hydrogen (secondary N) is 1. The lowest BCUT2D eigenvalue weighted by Gasteiger charge is -2.21. The largest absolute Gasteiger partial charge is 0.491 e. The van der Waals surface area contributed by atoms with Crippen LogP contribution >= 0.6 is 11.3 Å². The van der Waals surface area contributed by atoms with E-state index in [1.807, 2.05) is 60.7 Å².